The number of nitrogens with one attached hydrogen (secondary N) is 1. The zero-order chi connectivity index (χ0) is 19.9. The monoisotopic (exact) mass is 392 g/mol. The highest BCUT2D eigenvalue weighted by molar-refractivity contribution is 5.77. The van der Waals surface area contributed by atoms with Crippen molar-refractivity contribution >= 4 is 5.91 Å². The minimum Gasteiger partial charge on any atom is -0.395 e. The number of halogens is 2. The first kappa shape index (κ1) is 18.7. The van der Waals surface area contributed by atoms with Gasteiger partial charge in [0.2, 0.25) is 5.91 Å². The second-order valence-electron chi connectivity index (χ2n) is 7.33. The molecule has 0 unspecified atom stereocenters. The quantitative estimate of drug-likeness (QED) is 0.847. The van der Waals surface area contributed by atoms with Crippen LogP contribution in [0.2, 0.25) is 0 Å². The van der Waals surface area contributed by atoms with Gasteiger partial charge in [0.15, 0.2) is 11.5 Å². The molecule has 0 spiro atoms. The van der Waals surface area contributed by atoms with Gasteiger partial charge in [-0.1, -0.05) is 0 Å². The van der Waals surface area contributed by atoms with Crippen molar-refractivity contribution in [2.24, 2.45) is 0 Å². The lowest BCUT2D eigenvalue weighted by atomic mass is 10.0. The van der Waals surface area contributed by atoms with Crippen LogP contribution < -0.4 is 9.47 Å². The number of alkyl halides is 2. The van der Waals surface area contributed by atoms with Crippen LogP contribution in [0.5, 0.6) is 11.5 Å². The van der Waals surface area contributed by atoms with Crippen molar-refractivity contribution in [2.45, 2.75) is 32.1 Å². The molecule has 0 saturated heterocycles. The van der Waals surface area contributed by atoms with Gasteiger partial charge >= 0.3 is 6.29 Å². The summed E-state index contributed by atoms with van der Waals surface area (Å²) in [7, 11) is 3.97. The molecule has 3 heterocycles. The van der Waals surface area contributed by atoms with Crippen LogP contribution in [0.4, 0.5) is 8.78 Å². The fraction of sp³-hybridized carbons (Fsp3) is 0.474. The van der Waals surface area contributed by atoms with Crippen LogP contribution in [0.1, 0.15) is 24.1 Å². The maximum absolute atomic E-state index is 13.3. The predicted molar refractivity (Wildman–Crippen MR) is 97.1 cm³/mol. The summed E-state index contributed by atoms with van der Waals surface area (Å²) in [5.74, 6) is 0.0903. The Morgan fingerprint density at radius 2 is 2.11 bits per heavy atom. The first-order chi connectivity index (χ1) is 13.3. The highest BCUT2D eigenvalue weighted by atomic mass is 19.3. The third-order valence-corrected chi connectivity index (χ3v) is 4.96. The van der Waals surface area contributed by atoms with Crippen molar-refractivity contribution in [3.63, 3.8) is 0 Å². The number of rotatable bonds is 5. The van der Waals surface area contributed by atoms with E-state index in [-0.39, 0.29) is 17.4 Å². The van der Waals surface area contributed by atoms with E-state index in [0.717, 1.165) is 24.2 Å². The molecule has 0 radical (unpaired) electrons. The Labute approximate surface area is 161 Å². The number of hydrogen-bond donors (Lipinski definition) is 1. The number of aromatic amines is 1. The first-order valence-corrected chi connectivity index (χ1v) is 9.21. The molecule has 7 nitrogen and oxygen atoms in total. The summed E-state index contributed by atoms with van der Waals surface area (Å²) in [6.07, 6.45) is -1.66. The van der Waals surface area contributed by atoms with E-state index < -0.39 is 6.29 Å². The van der Waals surface area contributed by atoms with Crippen molar-refractivity contribution < 1.29 is 23.0 Å². The van der Waals surface area contributed by atoms with E-state index in [4.69, 9.17) is 0 Å². The van der Waals surface area contributed by atoms with Crippen molar-refractivity contribution in [1.29, 1.82) is 0 Å². The number of fused-ring (bicyclic) bond motifs is 2. The Hall–Kier alpha value is -2.68. The van der Waals surface area contributed by atoms with Crippen LogP contribution in [0, 0.1) is 0 Å². The first-order valence-electron chi connectivity index (χ1n) is 9.21. The third kappa shape index (κ3) is 3.66. The van der Waals surface area contributed by atoms with Gasteiger partial charge in [-0.25, -0.2) is 0 Å². The number of benzene rings is 1. The number of ether oxygens (including phenoxy) is 2. The van der Waals surface area contributed by atoms with E-state index in [0.29, 0.717) is 37.2 Å². The normalized spacial score (nSPS) is 17.1. The summed E-state index contributed by atoms with van der Waals surface area (Å²) in [6.45, 7) is 1.96. The molecule has 2 aliphatic rings. The number of carbonyl (C=O) groups is 1. The Bertz CT molecular complexity index is 897. The van der Waals surface area contributed by atoms with Crippen LogP contribution in [0.15, 0.2) is 18.2 Å². The zero-order valence-corrected chi connectivity index (χ0v) is 15.8. The van der Waals surface area contributed by atoms with Crippen LogP contribution >= 0.6 is 0 Å². The molecule has 28 heavy (non-hydrogen) atoms. The maximum atomic E-state index is 13.3. The molecule has 1 amide bonds. The molecule has 1 aromatic carbocycles. The lowest BCUT2D eigenvalue weighted by Gasteiger charge is -2.27. The molecule has 1 N–H and O–H groups in total. The number of carbonyl (C=O) groups excluding carboxylic acids is 1. The Kier molecular flexibility index (Phi) is 4.70. The van der Waals surface area contributed by atoms with E-state index in [2.05, 4.69) is 24.6 Å². The van der Waals surface area contributed by atoms with Crippen LogP contribution in [-0.4, -0.2) is 59.4 Å². The van der Waals surface area contributed by atoms with Crippen LogP contribution in [0.3, 0.4) is 0 Å². The molecule has 0 fully saturated rings. The van der Waals surface area contributed by atoms with Gasteiger partial charge in [0, 0.05) is 42.8 Å². The number of aromatic nitrogens is 2. The Morgan fingerprint density at radius 1 is 1.32 bits per heavy atom. The van der Waals surface area contributed by atoms with Gasteiger partial charge in [-0.2, -0.15) is 5.10 Å². The maximum Gasteiger partial charge on any atom is 0.586 e. The fourth-order valence-corrected chi connectivity index (χ4v) is 3.55. The summed E-state index contributed by atoms with van der Waals surface area (Å²) < 4.78 is 35.5. The Morgan fingerprint density at radius 3 is 2.89 bits per heavy atom. The molecule has 2 aliphatic heterocycles. The van der Waals surface area contributed by atoms with Crippen molar-refractivity contribution in [3.8, 4) is 22.8 Å². The molecule has 0 bridgehead atoms. The minimum atomic E-state index is -3.65. The molecule has 0 atom stereocenters. The standard InChI is InChI=1S/C19H22F2N4O3/c1-24(2)8-3-4-17(26)25-9-7-14-13(11-25)18(23-22-14)12-5-6-15-16(10-12)28-19(20,21)27-15/h5-6,10H,3-4,7-9,11H2,1-2H3,(H,22,23). The third-order valence-electron chi connectivity index (χ3n) is 4.96. The number of H-pyrrole nitrogens is 1. The summed E-state index contributed by atoms with van der Waals surface area (Å²) in [4.78, 5) is 16.4. The summed E-state index contributed by atoms with van der Waals surface area (Å²) >= 11 is 0. The molecular formula is C19H22F2N4O3. The Balaban J connectivity index is 1.51. The topological polar surface area (TPSA) is 70.7 Å². The average Bonchev–Trinajstić information content (AvgIpc) is 3.18. The summed E-state index contributed by atoms with van der Waals surface area (Å²) in [6, 6.07) is 4.60. The molecule has 2 aromatic rings. The SMILES string of the molecule is CN(C)CCCC(=O)N1CCc2[nH]nc(-c3ccc4c(c3)OC(F)(F)O4)c2C1. The van der Waals surface area contributed by atoms with Crippen molar-refractivity contribution in [2.75, 3.05) is 27.2 Å². The largest absolute Gasteiger partial charge is 0.586 e. The molecule has 0 saturated carbocycles. The second kappa shape index (κ2) is 7.05. The lowest BCUT2D eigenvalue weighted by Crippen LogP contribution is -2.36. The van der Waals surface area contributed by atoms with Gasteiger partial charge in [-0.3, -0.25) is 9.89 Å². The molecule has 9 heteroatoms. The molecule has 1 aromatic heterocycles. The highest BCUT2D eigenvalue weighted by Crippen LogP contribution is 2.43. The second-order valence-corrected chi connectivity index (χ2v) is 7.33. The van der Waals surface area contributed by atoms with Gasteiger partial charge < -0.3 is 19.3 Å². The van der Waals surface area contributed by atoms with E-state index in [9.17, 15) is 13.6 Å². The minimum absolute atomic E-state index is 0.00384. The number of hydrogen-bond acceptors (Lipinski definition) is 5. The van der Waals surface area contributed by atoms with E-state index in [1.165, 1.54) is 12.1 Å². The smallest absolute Gasteiger partial charge is 0.395 e. The van der Waals surface area contributed by atoms with Crippen LogP contribution in [0.25, 0.3) is 11.3 Å². The highest BCUT2D eigenvalue weighted by Gasteiger charge is 2.43. The van der Waals surface area contributed by atoms with E-state index in [1.54, 1.807) is 6.07 Å². The van der Waals surface area contributed by atoms with Gasteiger partial charge in [0.05, 0.1) is 5.69 Å². The van der Waals surface area contributed by atoms with Crippen molar-refractivity contribution in [1.82, 2.24) is 20.0 Å². The molecule has 4 rings (SSSR count). The molecule has 150 valence electrons. The molecular weight excluding hydrogens is 370 g/mol. The van der Waals surface area contributed by atoms with E-state index >= 15 is 0 Å². The number of amides is 1. The lowest BCUT2D eigenvalue weighted by molar-refractivity contribution is -0.286. The molecule has 0 aliphatic carbocycles. The average molecular weight is 392 g/mol. The summed E-state index contributed by atoms with van der Waals surface area (Å²) in [5, 5.41) is 7.37. The predicted octanol–water partition coefficient (Wildman–Crippen LogP) is 2.62. The van der Waals surface area contributed by atoms with Gasteiger partial charge in [-0.15, -0.1) is 8.78 Å². The van der Waals surface area contributed by atoms with E-state index in [1.807, 2.05) is 19.0 Å². The van der Waals surface area contributed by atoms with Crippen LogP contribution in [-0.2, 0) is 17.8 Å². The van der Waals surface area contributed by atoms with Gasteiger partial charge in [0.25, 0.3) is 0 Å². The van der Waals surface area contributed by atoms with Gasteiger partial charge in [0.1, 0.15) is 0 Å². The fourth-order valence-electron chi connectivity index (χ4n) is 3.55. The zero-order valence-electron chi connectivity index (χ0n) is 15.8. The van der Waals surface area contributed by atoms with Crippen molar-refractivity contribution in [3.05, 3.63) is 29.5 Å². The number of nitrogens with zero attached hydrogens (tertiary/aromatic N) is 3. The summed E-state index contributed by atoms with van der Waals surface area (Å²) in [5.41, 5.74) is 3.16. The van der Waals surface area contributed by atoms with Gasteiger partial charge in [-0.05, 0) is 45.3 Å².